The molecule has 3 rings (SSSR count). The number of rotatable bonds is 5. The van der Waals surface area contributed by atoms with E-state index < -0.39 is 24.4 Å². The summed E-state index contributed by atoms with van der Waals surface area (Å²) in [6.45, 7) is 0. The van der Waals surface area contributed by atoms with E-state index in [1.54, 1.807) is 0 Å². The SMILES string of the molecule is O=C(CC1CCCC1)N[C@@H]1CC[C@@H](Oc2ccccc2)[C@@H](O)[C@@H]1O. The second-order valence-corrected chi connectivity index (χ2v) is 7.06. The summed E-state index contributed by atoms with van der Waals surface area (Å²) >= 11 is 0. The maximum absolute atomic E-state index is 12.2. The molecule has 0 spiro atoms. The largest absolute Gasteiger partial charge is 0.488 e. The van der Waals surface area contributed by atoms with Crippen LogP contribution in [-0.2, 0) is 4.79 Å². The molecule has 0 aromatic heterocycles. The highest BCUT2D eigenvalue weighted by Gasteiger charge is 2.39. The maximum Gasteiger partial charge on any atom is 0.220 e. The third-order valence-corrected chi connectivity index (χ3v) is 5.23. The minimum atomic E-state index is -1.00. The minimum absolute atomic E-state index is 0.0134. The van der Waals surface area contributed by atoms with Crippen molar-refractivity contribution in [3.8, 4) is 5.75 Å². The van der Waals surface area contributed by atoms with Crippen LogP contribution in [-0.4, -0.2) is 40.5 Å². The summed E-state index contributed by atoms with van der Waals surface area (Å²) in [6.07, 6.45) is 3.94. The van der Waals surface area contributed by atoms with Gasteiger partial charge >= 0.3 is 0 Å². The van der Waals surface area contributed by atoms with Crippen LogP contribution in [0.5, 0.6) is 5.75 Å². The molecule has 0 radical (unpaired) electrons. The van der Waals surface area contributed by atoms with E-state index in [4.69, 9.17) is 4.74 Å². The molecule has 1 amide bonds. The molecule has 0 aliphatic heterocycles. The van der Waals surface area contributed by atoms with E-state index >= 15 is 0 Å². The quantitative estimate of drug-likeness (QED) is 0.770. The van der Waals surface area contributed by atoms with Crippen LogP contribution < -0.4 is 10.1 Å². The molecule has 5 heteroatoms. The first-order valence-corrected chi connectivity index (χ1v) is 9.00. The van der Waals surface area contributed by atoms with Gasteiger partial charge in [-0.15, -0.1) is 0 Å². The van der Waals surface area contributed by atoms with E-state index in [0.717, 1.165) is 12.8 Å². The molecule has 0 unspecified atom stereocenters. The van der Waals surface area contributed by atoms with Gasteiger partial charge in [-0.25, -0.2) is 0 Å². The van der Waals surface area contributed by atoms with Gasteiger partial charge in [-0.2, -0.15) is 0 Å². The number of aliphatic hydroxyl groups excluding tert-OH is 2. The summed E-state index contributed by atoms with van der Waals surface area (Å²) in [7, 11) is 0. The van der Waals surface area contributed by atoms with Crippen molar-refractivity contribution in [1.82, 2.24) is 5.32 Å². The molecule has 5 nitrogen and oxygen atoms in total. The third kappa shape index (κ3) is 4.28. The number of ether oxygens (including phenoxy) is 1. The molecule has 0 heterocycles. The lowest BCUT2D eigenvalue weighted by Crippen LogP contribution is -2.57. The Kier molecular flexibility index (Phi) is 5.74. The molecule has 2 aliphatic rings. The first-order chi connectivity index (χ1) is 11.6. The van der Waals surface area contributed by atoms with Gasteiger partial charge in [0.15, 0.2) is 0 Å². The highest BCUT2D eigenvalue weighted by molar-refractivity contribution is 5.76. The molecule has 3 N–H and O–H groups in total. The van der Waals surface area contributed by atoms with Gasteiger partial charge in [0.25, 0.3) is 0 Å². The van der Waals surface area contributed by atoms with Gasteiger partial charge in [-0.3, -0.25) is 4.79 Å². The second kappa shape index (κ2) is 7.99. The van der Waals surface area contributed by atoms with Crippen LogP contribution in [0, 0.1) is 5.92 Å². The number of amides is 1. The Hall–Kier alpha value is -1.59. The van der Waals surface area contributed by atoms with Crippen LogP contribution >= 0.6 is 0 Å². The molecule has 1 aromatic rings. The molecule has 2 aliphatic carbocycles. The lowest BCUT2D eigenvalue weighted by atomic mass is 9.87. The monoisotopic (exact) mass is 333 g/mol. The van der Waals surface area contributed by atoms with E-state index in [2.05, 4.69) is 5.32 Å². The van der Waals surface area contributed by atoms with Gasteiger partial charge in [0.05, 0.1) is 6.04 Å². The highest BCUT2D eigenvalue weighted by atomic mass is 16.5. The lowest BCUT2D eigenvalue weighted by Gasteiger charge is -2.37. The normalized spacial score (nSPS) is 30.9. The van der Waals surface area contributed by atoms with Crippen molar-refractivity contribution in [2.75, 3.05) is 0 Å². The standard InChI is InChI=1S/C19H27NO4/c21-17(12-13-6-4-5-7-13)20-15-10-11-16(19(23)18(15)22)24-14-8-2-1-3-9-14/h1-3,8-9,13,15-16,18-19,22-23H,4-7,10-12H2,(H,20,21)/t15-,16-,18-,19-/m1/s1. The van der Waals surface area contributed by atoms with Gasteiger partial charge in [-0.05, 0) is 43.7 Å². The topological polar surface area (TPSA) is 78.8 Å². The number of nitrogens with one attached hydrogen (secondary N) is 1. The minimum Gasteiger partial charge on any atom is -0.488 e. The van der Waals surface area contributed by atoms with Gasteiger partial charge < -0.3 is 20.3 Å². The zero-order valence-corrected chi connectivity index (χ0v) is 13.9. The van der Waals surface area contributed by atoms with E-state index in [0.29, 0.717) is 30.9 Å². The van der Waals surface area contributed by atoms with Crippen LogP contribution in [0.3, 0.4) is 0 Å². The first kappa shape index (κ1) is 17.2. The van der Waals surface area contributed by atoms with Crippen LogP contribution in [0.25, 0.3) is 0 Å². The molecule has 2 saturated carbocycles. The summed E-state index contributed by atoms with van der Waals surface area (Å²) in [5.74, 6) is 1.14. The average molecular weight is 333 g/mol. The Balaban J connectivity index is 1.50. The Bertz CT molecular complexity index is 529. The number of carbonyl (C=O) groups is 1. The molecule has 0 bridgehead atoms. The van der Waals surface area contributed by atoms with Gasteiger partial charge in [-0.1, -0.05) is 31.0 Å². The number of benzene rings is 1. The molecule has 4 atom stereocenters. The number of carbonyl (C=O) groups excluding carboxylic acids is 1. The predicted octanol–water partition coefficient (Wildman–Crippen LogP) is 2.01. The van der Waals surface area contributed by atoms with Crippen molar-refractivity contribution in [3.63, 3.8) is 0 Å². The fraction of sp³-hybridized carbons (Fsp3) is 0.632. The van der Waals surface area contributed by atoms with Crippen molar-refractivity contribution in [2.24, 2.45) is 5.92 Å². The van der Waals surface area contributed by atoms with E-state index in [1.807, 2.05) is 30.3 Å². The van der Waals surface area contributed by atoms with Crippen molar-refractivity contribution in [1.29, 1.82) is 0 Å². The lowest BCUT2D eigenvalue weighted by molar-refractivity contribution is -0.128. The Morgan fingerprint density at radius 1 is 1.04 bits per heavy atom. The Labute approximate surface area is 143 Å². The van der Waals surface area contributed by atoms with E-state index in [-0.39, 0.29) is 5.91 Å². The fourth-order valence-corrected chi connectivity index (χ4v) is 3.85. The average Bonchev–Trinajstić information content (AvgIpc) is 3.08. The van der Waals surface area contributed by atoms with E-state index in [9.17, 15) is 15.0 Å². The predicted molar refractivity (Wildman–Crippen MR) is 90.6 cm³/mol. The zero-order valence-electron chi connectivity index (χ0n) is 13.9. The van der Waals surface area contributed by atoms with Crippen LogP contribution in [0.1, 0.15) is 44.9 Å². The van der Waals surface area contributed by atoms with Gasteiger partial charge in [0.2, 0.25) is 5.91 Å². The fourth-order valence-electron chi connectivity index (χ4n) is 3.85. The molecule has 0 saturated heterocycles. The summed E-state index contributed by atoms with van der Waals surface area (Å²) in [5.41, 5.74) is 0. The molecule has 132 valence electrons. The Morgan fingerprint density at radius 3 is 2.46 bits per heavy atom. The zero-order chi connectivity index (χ0) is 16.9. The number of para-hydroxylation sites is 1. The molecule has 24 heavy (non-hydrogen) atoms. The number of hydrogen-bond donors (Lipinski definition) is 3. The van der Waals surface area contributed by atoms with Gasteiger partial charge in [0, 0.05) is 6.42 Å². The van der Waals surface area contributed by atoms with Crippen molar-refractivity contribution in [2.45, 2.75) is 69.3 Å². The number of aliphatic hydroxyl groups is 2. The molecular formula is C19H27NO4. The molecular weight excluding hydrogens is 306 g/mol. The van der Waals surface area contributed by atoms with Gasteiger partial charge in [0.1, 0.15) is 24.1 Å². The summed E-state index contributed by atoms with van der Waals surface area (Å²) in [5, 5.41) is 23.6. The van der Waals surface area contributed by atoms with Crippen LogP contribution in [0.15, 0.2) is 30.3 Å². The third-order valence-electron chi connectivity index (χ3n) is 5.23. The first-order valence-electron chi connectivity index (χ1n) is 9.00. The number of hydrogen-bond acceptors (Lipinski definition) is 4. The smallest absolute Gasteiger partial charge is 0.220 e. The highest BCUT2D eigenvalue weighted by Crippen LogP contribution is 2.28. The van der Waals surface area contributed by atoms with Crippen LogP contribution in [0.4, 0.5) is 0 Å². The Morgan fingerprint density at radius 2 is 1.75 bits per heavy atom. The summed E-state index contributed by atoms with van der Waals surface area (Å²) in [6, 6.07) is 8.89. The van der Waals surface area contributed by atoms with Crippen molar-refractivity contribution < 1.29 is 19.7 Å². The van der Waals surface area contributed by atoms with Crippen molar-refractivity contribution in [3.05, 3.63) is 30.3 Å². The molecule has 2 fully saturated rings. The maximum atomic E-state index is 12.2. The van der Waals surface area contributed by atoms with Crippen molar-refractivity contribution >= 4 is 5.91 Å². The summed E-state index contributed by atoms with van der Waals surface area (Å²) in [4.78, 5) is 12.2. The second-order valence-electron chi connectivity index (χ2n) is 7.06. The molecule has 1 aromatic carbocycles. The van der Waals surface area contributed by atoms with Crippen LogP contribution in [0.2, 0.25) is 0 Å². The summed E-state index contributed by atoms with van der Waals surface area (Å²) < 4.78 is 5.78. The van der Waals surface area contributed by atoms with E-state index in [1.165, 1.54) is 12.8 Å².